The topological polar surface area (TPSA) is 77.1 Å². The van der Waals surface area contributed by atoms with Crippen molar-refractivity contribution in [2.45, 2.75) is 33.2 Å². The smallest absolute Gasteiger partial charge is 0.263 e. The lowest BCUT2D eigenvalue weighted by molar-refractivity contribution is -0.136. The molecule has 2 fully saturated rings. The van der Waals surface area contributed by atoms with Gasteiger partial charge in [0.15, 0.2) is 0 Å². The van der Waals surface area contributed by atoms with E-state index in [1.165, 1.54) is 21.7 Å². The third kappa shape index (κ3) is 5.08. The van der Waals surface area contributed by atoms with Gasteiger partial charge in [-0.05, 0) is 68.1 Å². The summed E-state index contributed by atoms with van der Waals surface area (Å²) in [5, 5.41) is 0.975. The van der Waals surface area contributed by atoms with Crippen LogP contribution in [0.15, 0.2) is 72.9 Å². The van der Waals surface area contributed by atoms with Crippen LogP contribution >= 0.6 is 0 Å². The average molecular weight is 588 g/mol. The standard InChI is InChI=1S/C36H37N5O3/c1-24-10-11-31(25(2)20-24)39-16-18-40(19-17-39)34(42)27-12-14-38(15-13-27)32-9-5-7-29-33(32)36(44)41(35(29)43)23-26-21-28-6-3-4-8-30(28)37-22-26/h3-11,20-22,27H,12-19,23H2,1-2H3. The van der Waals surface area contributed by atoms with Crippen molar-refractivity contribution in [3.63, 3.8) is 0 Å². The lowest BCUT2D eigenvalue weighted by Crippen LogP contribution is -2.52. The Morgan fingerprint density at radius 3 is 2.32 bits per heavy atom. The number of nitrogens with zero attached hydrogens (tertiary/aromatic N) is 5. The zero-order valence-corrected chi connectivity index (χ0v) is 25.3. The first kappa shape index (κ1) is 28.1. The molecule has 3 amide bonds. The van der Waals surface area contributed by atoms with Crippen molar-refractivity contribution in [3.8, 4) is 0 Å². The van der Waals surface area contributed by atoms with E-state index in [-0.39, 0.29) is 30.2 Å². The van der Waals surface area contributed by atoms with Crippen molar-refractivity contribution in [3.05, 3.63) is 101 Å². The quantitative estimate of drug-likeness (QED) is 0.299. The van der Waals surface area contributed by atoms with Gasteiger partial charge in [-0.3, -0.25) is 24.3 Å². The molecule has 44 heavy (non-hydrogen) atoms. The minimum absolute atomic E-state index is 0.0232. The van der Waals surface area contributed by atoms with Gasteiger partial charge in [-0.25, -0.2) is 0 Å². The number of anilines is 2. The number of aryl methyl sites for hydroxylation is 2. The highest BCUT2D eigenvalue weighted by Gasteiger charge is 2.39. The Balaban J connectivity index is 0.991. The molecule has 1 aromatic heterocycles. The second-order valence-electron chi connectivity index (χ2n) is 12.3. The number of para-hydroxylation sites is 1. The first-order valence-corrected chi connectivity index (χ1v) is 15.6. The SMILES string of the molecule is Cc1ccc(N2CCN(C(=O)C3CCN(c4cccc5c4C(=O)N(Cc4cnc6ccccc6c4)C5=O)CC3)CC2)c(C)c1. The van der Waals surface area contributed by atoms with Gasteiger partial charge in [-0.1, -0.05) is 42.0 Å². The highest BCUT2D eigenvalue weighted by atomic mass is 16.2. The van der Waals surface area contributed by atoms with Crippen LogP contribution in [0.2, 0.25) is 0 Å². The summed E-state index contributed by atoms with van der Waals surface area (Å²) in [5.74, 6) is -0.326. The number of rotatable bonds is 5. The number of carbonyl (C=O) groups excluding carboxylic acids is 3. The fourth-order valence-electron chi connectivity index (χ4n) is 7.06. The molecule has 0 radical (unpaired) electrons. The van der Waals surface area contributed by atoms with Crippen molar-refractivity contribution < 1.29 is 14.4 Å². The van der Waals surface area contributed by atoms with E-state index in [2.05, 4.69) is 46.8 Å². The van der Waals surface area contributed by atoms with Gasteiger partial charge in [0, 0.05) is 62.5 Å². The first-order chi connectivity index (χ1) is 21.4. The number of benzene rings is 3. The number of carbonyl (C=O) groups is 3. The summed E-state index contributed by atoms with van der Waals surface area (Å²) in [6, 6.07) is 21.9. The number of piperidine rings is 1. The van der Waals surface area contributed by atoms with Crippen molar-refractivity contribution in [1.29, 1.82) is 0 Å². The van der Waals surface area contributed by atoms with E-state index in [1.54, 1.807) is 12.3 Å². The van der Waals surface area contributed by atoms with E-state index in [9.17, 15) is 14.4 Å². The number of piperazine rings is 1. The van der Waals surface area contributed by atoms with Gasteiger partial charge in [0.25, 0.3) is 11.8 Å². The molecule has 0 saturated carbocycles. The van der Waals surface area contributed by atoms with Crippen LogP contribution in [0.3, 0.4) is 0 Å². The number of fused-ring (bicyclic) bond motifs is 2. The molecular weight excluding hydrogens is 550 g/mol. The zero-order chi connectivity index (χ0) is 30.4. The summed E-state index contributed by atoms with van der Waals surface area (Å²) in [7, 11) is 0. The van der Waals surface area contributed by atoms with Crippen LogP contribution in [0.1, 0.15) is 50.2 Å². The van der Waals surface area contributed by atoms with Crippen LogP contribution < -0.4 is 9.80 Å². The molecule has 2 saturated heterocycles. The molecule has 0 unspecified atom stereocenters. The van der Waals surface area contributed by atoms with Crippen LogP contribution in [0, 0.1) is 19.8 Å². The van der Waals surface area contributed by atoms with Crippen LogP contribution in [-0.2, 0) is 11.3 Å². The van der Waals surface area contributed by atoms with E-state index in [4.69, 9.17) is 0 Å². The van der Waals surface area contributed by atoms with Crippen LogP contribution in [0.25, 0.3) is 10.9 Å². The number of imide groups is 1. The monoisotopic (exact) mass is 587 g/mol. The van der Waals surface area contributed by atoms with Gasteiger partial charge in [-0.2, -0.15) is 0 Å². The van der Waals surface area contributed by atoms with E-state index >= 15 is 0 Å². The molecule has 8 nitrogen and oxygen atoms in total. The predicted octanol–water partition coefficient (Wildman–Crippen LogP) is 5.21. The third-order valence-corrected chi connectivity index (χ3v) is 9.43. The van der Waals surface area contributed by atoms with Crippen LogP contribution in [-0.4, -0.2) is 71.8 Å². The number of pyridine rings is 1. The highest BCUT2D eigenvalue weighted by molar-refractivity contribution is 6.23. The van der Waals surface area contributed by atoms with Crippen molar-refractivity contribution in [2.75, 3.05) is 49.1 Å². The largest absolute Gasteiger partial charge is 0.371 e. The Bertz CT molecular complexity index is 1770. The van der Waals surface area contributed by atoms with E-state index in [0.29, 0.717) is 24.2 Å². The number of hydrogen-bond donors (Lipinski definition) is 0. The molecule has 0 atom stereocenters. The van der Waals surface area contributed by atoms with Gasteiger partial charge in [0.05, 0.1) is 28.9 Å². The van der Waals surface area contributed by atoms with Gasteiger partial charge in [0.2, 0.25) is 5.91 Å². The maximum atomic E-state index is 13.7. The lowest BCUT2D eigenvalue weighted by Gasteiger charge is -2.40. The summed E-state index contributed by atoms with van der Waals surface area (Å²) in [6.07, 6.45) is 3.20. The average Bonchev–Trinajstić information content (AvgIpc) is 3.29. The number of aromatic nitrogens is 1. The second kappa shape index (κ2) is 11.4. The second-order valence-corrected chi connectivity index (χ2v) is 12.3. The molecule has 8 heteroatoms. The molecule has 224 valence electrons. The lowest BCUT2D eigenvalue weighted by atomic mass is 9.93. The van der Waals surface area contributed by atoms with E-state index in [0.717, 1.165) is 61.2 Å². The molecule has 0 bridgehead atoms. The Kier molecular flexibility index (Phi) is 7.28. The first-order valence-electron chi connectivity index (χ1n) is 15.6. The Morgan fingerprint density at radius 2 is 1.55 bits per heavy atom. The summed E-state index contributed by atoms with van der Waals surface area (Å²) >= 11 is 0. The van der Waals surface area contributed by atoms with E-state index < -0.39 is 0 Å². The minimum Gasteiger partial charge on any atom is -0.371 e. The molecule has 4 heterocycles. The molecule has 0 spiro atoms. The minimum atomic E-state index is -0.273. The number of amides is 3. The Labute approximate surface area is 257 Å². The molecule has 4 aromatic rings. The predicted molar refractivity (Wildman–Crippen MR) is 172 cm³/mol. The van der Waals surface area contributed by atoms with Gasteiger partial charge in [-0.15, -0.1) is 0 Å². The maximum absolute atomic E-state index is 13.7. The molecular formula is C36H37N5O3. The summed E-state index contributed by atoms with van der Waals surface area (Å²) in [5.41, 5.74) is 7.19. The van der Waals surface area contributed by atoms with Crippen molar-refractivity contribution in [2.24, 2.45) is 5.92 Å². The zero-order valence-electron chi connectivity index (χ0n) is 25.3. The van der Waals surface area contributed by atoms with E-state index in [1.807, 2.05) is 47.4 Å². The summed E-state index contributed by atoms with van der Waals surface area (Å²) < 4.78 is 0. The van der Waals surface area contributed by atoms with Gasteiger partial charge >= 0.3 is 0 Å². The van der Waals surface area contributed by atoms with Crippen LogP contribution in [0.4, 0.5) is 11.4 Å². The maximum Gasteiger partial charge on any atom is 0.263 e. The fourth-order valence-corrected chi connectivity index (χ4v) is 7.06. The Morgan fingerprint density at radius 1 is 0.795 bits per heavy atom. The Hall–Kier alpha value is -4.72. The summed E-state index contributed by atoms with van der Waals surface area (Å²) in [6.45, 7) is 8.93. The van der Waals surface area contributed by atoms with Crippen LogP contribution in [0.5, 0.6) is 0 Å². The highest BCUT2D eigenvalue weighted by Crippen LogP contribution is 2.35. The van der Waals surface area contributed by atoms with Gasteiger partial charge < -0.3 is 14.7 Å². The molecule has 3 aliphatic heterocycles. The molecule has 7 rings (SSSR count). The van der Waals surface area contributed by atoms with Crippen molar-refractivity contribution in [1.82, 2.24) is 14.8 Å². The third-order valence-electron chi connectivity index (χ3n) is 9.43. The molecule has 3 aromatic carbocycles. The summed E-state index contributed by atoms with van der Waals surface area (Å²) in [4.78, 5) is 53.0. The van der Waals surface area contributed by atoms with Crippen molar-refractivity contribution >= 4 is 40.0 Å². The fraction of sp³-hybridized carbons (Fsp3) is 0.333. The molecule has 0 aliphatic carbocycles. The molecule has 0 N–H and O–H groups in total. The molecule has 3 aliphatic rings. The number of hydrogen-bond acceptors (Lipinski definition) is 6. The normalized spacial score (nSPS) is 17.5. The van der Waals surface area contributed by atoms with Gasteiger partial charge in [0.1, 0.15) is 0 Å².